The highest BCUT2D eigenvalue weighted by Crippen LogP contribution is 2.83. The topological polar surface area (TPSA) is 0 Å². The molecule has 3 saturated carbocycles. The van der Waals surface area contributed by atoms with E-state index in [-0.39, 0.29) is 0 Å². The van der Waals surface area contributed by atoms with Crippen LogP contribution in [0.4, 0.5) is 0 Å². The molecule has 0 aliphatic heterocycles. The zero-order valence-corrected chi connectivity index (χ0v) is 12.5. The van der Waals surface area contributed by atoms with Crippen LogP contribution >= 0.6 is 0 Å². The first-order chi connectivity index (χ1) is 7.92. The maximum Gasteiger partial charge on any atom is -0.0156 e. The number of hydrogen-bond donors (Lipinski definition) is 0. The van der Waals surface area contributed by atoms with E-state index in [4.69, 9.17) is 0 Å². The van der Waals surface area contributed by atoms with E-state index in [2.05, 4.69) is 34.6 Å². The van der Waals surface area contributed by atoms with E-state index in [0.717, 1.165) is 23.2 Å². The molecule has 0 nitrogen and oxygen atoms in total. The fraction of sp³-hybridized carbons (Fsp3) is 1.00. The van der Waals surface area contributed by atoms with E-state index < -0.39 is 0 Å². The maximum absolute atomic E-state index is 2.63. The van der Waals surface area contributed by atoms with Crippen LogP contribution in [0, 0.1) is 34.0 Å². The van der Waals surface area contributed by atoms with Crippen LogP contribution < -0.4 is 0 Å². The van der Waals surface area contributed by atoms with Crippen molar-refractivity contribution >= 4 is 0 Å². The third-order valence-corrected chi connectivity index (χ3v) is 7.45. The van der Waals surface area contributed by atoms with Gasteiger partial charge in [0, 0.05) is 0 Å². The molecular formula is C17H30. The summed E-state index contributed by atoms with van der Waals surface area (Å²) in [5.74, 6) is 3.25. The summed E-state index contributed by atoms with van der Waals surface area (Å²) in [7, 11) is 0. The van der Waals surface area contributed by atoms with E-state index in [1.807, 2.05) is 0 Å². The molecule has 3 unspecified atom stereocenters. The molecule has 0 spiro atoms. The van der Waals surface area contributed by atoms with Gasteiger partial charge in [-0.2, -0.15) is 0 Å². The zero-order chi connectivity index (χ0) is 12.5. The van der Waals surface area contributed by atoms with Gasteiger partial charge in [-0.15, -0.1) is 0 Å². The second-order valence-electron chi connectivity index (χ2n) is 8.12. The minimum absolute atomic E-state index is 0.611. The summed E-state index contributed by atoms with van der Waals surface area (Å²) in [6.07, 6.45) is 8.92. The maximum atomic E-state index is 2.63. The summed E-state index contributed by atoms with van der Waals surface area (Å²) in [6.45, 7) is 12.6. The summed E-state index contributed by atoms with van der Waals surface area (Å²) in [4.78, 5) is 0. The molecule has 17 heavy (non-hydrogen) atoms. The predicted molar refractivity (Wildman–Crippen MR) is 73.8 cm³/mol. The van der Waals surface area contributed by atoms with Crippen LogP contribution in [-0.2, 0) is 0 Å². The normalized spacial score (nSPS) is 52.4. The highest BCUT2D eigenvalue weighted by Gasteiger charge is 2.75. The van der Waals surface area contributed by atoms with Gasteiger partial charge in [-0.25, -0.2) is 0 Å². The monoisotopic (exact) mass is 234 g/mol. The molecule has 0 saturated heterocycles. The van der Waals surface area contributed by atoms with Crippen molar-refractivity contribution in [3.8, 4) is 0 Å². The van der Waals surface area contributed by atoms with Crippen molar-refractivity contribution < 1.29 is 0 Å². The first kappa shape index (κ1) is 12.1. The third-order valence-electron chi connectivity index (χ3n) is 7.45. The van der Waals surface area contributed by atoms with Crippen LogP contribution in [0.3, 0.4) is 0 Å². The molecule has 0 heterocycles. The Labute approximate surface area is 108 Å². The van der Waals surface area contributed by atoms with Gasteiger partial charge in [0.05, 0.1) is 0 Å². The van der Waals surface area contributed by atoms with Crippen molar-refractivity contribution in [1.82, 2.24) is 0 Å². The fourth-order valence-corrected chi connectivity index (χ4v) is 6.32. The van der Waals surface area contributed by atoms with E-state index in [9.17, 15) is 0 Å². The van der Waals surface area contributed by atoms with Gasteiger partial charge in [-0.05, 0) is 59.7 Å². The lowest BCUT2D eigenvalue weighted by atomic mass is 9.36. The van der Waals surface area contributed by atoms with Crippen LogP contribution in [0.2, 0.25) is 0 Å². The Kier molecular flexibility index (Phi) is 2.34. The van der Waals surface area contributed by atoms with E-state index in [1.54, 1.807) is 12.8 Å². The summed E-state index contributed by atoms with van der Waals surface area (Å²) in [6, 6.07) is 0. The minimum Gasteiger partial charge on any atom is -0.0648 e. The fourth-order valence-electron chi connectivity index (χ4n) is 6.32. The number of fused-ring (bicyclic) bond motifs is 1. The van der Waals surface area contributed by atoms with Crippen LogP contribution in [0.5, 0.6) is 0 Å². The molecule has 0 heteroatoms. The van der Waals surface area contributed by atoms with Crippen LogP contribution in [0.1, 0.15) is 73.1 Å². The average Bonchev–Trinajstić information content (AvgIpc) is 2.88. The molecule has 0 amide bonds. The molecule has 0 aromatic rings. The zero-order valence-electron chi connectivity index (χ0n) is 12.5. The predicted octanol–water partition coefficient (Wildman–Crippen LogP) is 5.28. The van der Waals surface area contributed by atoms with E-state index >= 15 is 0 Å². The quantitative estimate of drug-likeness (QED) is 0.621. The molecular weight excluding hydrogens is 204 g/mol. The van der Waals surface area contributed by atoms with Crippen molar-refractivity contribution in [2.75, 3.05) is 0 Å². The van der Waals surface area contributed by atoms with Gasteiger partial charge in [-0.1, -0.05) is 47.5 Å². The Morgan fingerprint density at radius 2 is 1.71 bits per heavy atom. The van der Waals surface area contributed by atoms with Crippen molar-refractivity contribution in [2.24, 2.45) is 34.0 Å². The standard InChI is InChI=1S/C17H30/c1-6-15(4,7-2)17(11-13-8-14(13)17)16(5)9-12(3)10-16/h12-14H,6-11H2,1-5H3. The lowest BCUT2D eigenvalue weighted by molar-refractivity contribution is -0.197. The SMILES string of the molecule is CCC(C)(CC)C1(C2(C)CC(C)C2)CC2CC21. The average molecular weight is 234 g/mol. The molecule has 0 aromatic carbocycles. The van der Waals surface area contributed by atoms with E-state index in [1.165, 1.54) is 25.7 Å². The first-order valence-electron chi connectivity index (χ1n) is 7.92. The smallest absolute Gasteiger partial charge is 0.0156 e. The van der Waals surface area contributed by atoms with Crippen molar-refractivity contribution in [3.05, 3.63) is 0 Å². The molecule has 3 fully saturated rings. The van der Waals surface area contributed by atoms with Gasteiger partial charge < -0.3 is 0 Å². The number of rotatable bonds is 4. The Morgan fingerprint density at radius 3 is 2.00 bits per heavy atom. The van der Waals surface area contributed by atoms with Gasteiger partial charge in [-0.3, -0.25) is 0 Å². The van der Waals surface area contributed by atoms with Gasteiger partial charge in [0.25, 0.3) is 0 Å². The molecule has 3 atom stereocenters. The molecule has 3 aliphatic carbocycles. The minimum atomic E-state index is 0.611. The van der Waals surface area contributed by atoms with E-state index in [0.29, 0.717) is 10.8 Å². The van der Waals surface area contributed by atoms with Crippen LogP contribution in [0.25, 0.3) is 0 Å². The van der Waals surface area contributed by atoms with Crippen molar-refractivity contribution in [3.63, 3.8) is 0 Å². The largest absolute Gasteiger partial charge is 0.0648 e. The molecule has 3 aliphatic rings. The van der Waals surface area contributed by atoms with Gasteiger partial charge >= 0.3 is 0 Å². The Balaban J connectivity index is 1.94. The summed E-state index contributed by atoms with van der Waals surface area (Å²) < 4.78 is 0. The lowest BCUT2D eigenvalue weighted by Crippen LogP contribution is -2.61. The molecule has 3 rings (SSSR count). The molecule has 0 radical (unpaired) electrons. The summed E-state index contributed by atoms with van der Waals surface area (Å²) in [5.41, 5.74) is 2.02. The summed E-state index contributed by atoms with van der Waals surface area (Å²) in [5, 5.41) is 0. The van der Waals surface area contributed by atoms with Gasteiger partial charge in [0.15, 0.2) is 0 Å². The van der Waals surface area contributed by atoms with Gasteiger partial charge in [0.1, 0.15) is 0 Å². The summed E-state index contributed by atoms with van der Waals surface area (Å²) >= 11 is 0. The lowest BCUT2D eigenvalue weighted by Gasteiger charge is -2.68. The third kappa shape index (κ3) is 1.21. The van der Waals surface area contributed by atoms with Crippen LogP contribution in [-0.4, -0.2) is 0 Å². The van der Waals surface area contributed by atoms with Crippen molar-refractivity contribution in [2.45, 2.75) is 73.1 Å². The Hall–Kier alpha value is 0. The highest BCUT2D eigenvalue weighted by atomic mass is 14.8. The second kappa shape index (κ2) is 3.31. The molecule has 0 aromatic heterocycles. The van der Waals surface area contributed by atoms with Gasteiger partial charge in [0.2, 0.25) is 0 Å². The number of hydrogen-bond acceptors (Lipinski definition) is 0. The highest BCUT2D eigenvalue weighted by molar-refractivity contribution is 5.24. The van der Waals surface area contributed by atoms with Crippen molar-refractivity contribution in [1.29, 1.82) is 0 Å². The second-order valence-corrected chi connectivity index (χ2v) is 8.12. The molecule has 0 bridgehead atoms. The van der Waals surface area contributed by atoms with Crippen LogP contribution in [0.15, 0.2) is 0 Å². The molecule has 98 valence electrons. The Morgan fingerprint density at radius 1 is 1.12 bits per heavy atom. The first-order valence-corrected chi connectivity index (χ1v) is 7.92. The Bertz CT molecular complexity index is 319. The molecule has 0 N–H and O–H groups in total.